The molecule has 0 aliphatic rings. The second kappa shape index (κ2) is 5.89. The van der Waals surface area contributed by atoms with Crippen LogP contribution in [-0.2, 0) is 11.3 Å². The van der Waals surface area contributed by atoms with Crippen molar-refractivity contribution in [1.82, 2.24) is 9.55 Å². The summed E-state index contributed by atoms with van der Waals surface area (Å²) in [4.78, 5) is 16.2. The molecule has 0 fully saturated rings. The number of nitrogens with one attached hydrogen (secondary N) is 1. The first-order valence-corrected chi connectivity index (χ1v) is 7.02. The fraction of sp³-hybridized carbons (Fsp3) is 0.176. The van der Waals surface area contributed by atoms with Gasteiger partial charge < -0.3 is 14.6 Å². The molecule has 1 amide bonds. The number of hydrogen-bond donors (Lipinski definition) is 1. The van der Waals surface area contributed by atoms with Crippen molar-refractivity contribution in [1.29, 1.82) is 0 Å². The molecular formula is C17H17N3O2. The molecule has 0 saturated carbocycles. The van der Waals surface area contributed by atoms with Crippen molar-refractivity contribution in [3.8, 4) is 5.88 Å². The number of ether oxygens (including phenoxy) is 1. The minimum Gasteiger partial charge on any atom is -0.481 e. The molecule has 5 heteroatoms. The first-order chi connectivity index (χ1) is 10.7. The number of anilines is 1. The van der Waals surface area contributed by atoms with Gasteiger partial charge in [0, 0.05) is 23.2 Å². The van der Waals surface area contributed by atoms with E-state index in [4.69, 9.17) is 4.74 Å². The van der Waals surface area contributed by atoms with E-state index < -0.39 is 0 Å². The van der Waals surface area contributed by atoms with E-state index in [1.807, 2.05) is 29.0 Å². The zero-order valence-electron chi connectivity index (χ0n) is 12.5. The Labute approximate surface area is 128 Å². The van der Waals surface area contributed by atoms with Gasteiger partial charge in [-0.1, -0.05) is 12.1 Å². The summed E-state index contributed by atoms with van der Waals surface area (Å²) in [6.45, 7) is 2.33. The van der Waals surface area contributed by atoms with E-state index in [-0.39, 0.29) is 12.5 Å². The van der Waals surface area contributed by atoms with E-state index in [0.29, 0.717) is 11.6 Å². The molecule has 5 nitrogen and oxygen atoms in total. The van der Waals surface area contributed by atoms with Crippen LogP contribution in [-0.4, -0.2) is 22.6 Å². The van der Waals surface area contributed by atoms with Crippen molar-refractivity contribution in [2.75, 3.05) is 12.4 Å². The number of methoxy groups -OCH3 is 1. The SMILES string of the molecule is COc1ccc(NC(=O)Cn2ccc3c(C)cccc32)cn1. The Morgan fingerprint density at radius 3 is 2.86 bits per heavy atom. The Morgan fingerprint density at radius 2 is 2.14 bits per heavy atom. The van der Waals surface area contributed by atoms with Crippen LogP contribution in [0.1, 0.15) is 5.56 Å². The average molecular weight is 295 g/mol. The lowest BCUT2D eigenvalue weighted by Gasteiger charge is -2.08. The summed E-state index contributed by atoms with van der Waals surface area (Å²) in [5.74, 6) is 0.427. The van der Waals surface area contributed by atoms with Gasteiger partial charge in [-0.05, 0) is 30.7 Å². The zero-order chi connectivity index (χ0) is 15.5. The molecule has 112 valence electrons. The number of benzene rings is 1. The lowest BCUT2D eigenvalue weighted by Crippen LogP contribution is -2.18. The molecule has 0 unspecified atom stereocenters. The van der Waals surface area contributed by atoms with E-state index in [1.54, 1.807) is 25.4 Å². The molecule has 1 aromatic carbocycles. The van der Waals surface area contributed by atoms with Crippen LogP contribution >= 0.6 is 0 Å². The van der Waals surface area contributed by atoms with Gasteiger partial charge in [0.25, 0.3) is 0 Å². The molecule has 2 aromatic heterocycles. The molecule has 22 heavy (non-hydrogen) atoms. The third-order valence-corrected chi connectivity index (χ3v) is 3.57. The molecule has 0 bridgehead atoms. The Bertz CT molecular complexity index is 806. The molecule has 0 aliphatic carbocycles. The van der Waals surface area contributed by atoms with Gasteiger partial charge >= 0.3 is 0 Å². The van der Waals surface area contributed by atoms with Crippen LogP contribution in [0, 0.1) is 6.92 Å². The quantitative estimate of drug-likeness (QED) is 0.805. The number of aromatic nitrogens is 2. The van der Waals surface area contributed by atoms with Gasteiger partial charge in [0.2, 0.25) is 11.8 Å². The number of pyridine rings is 1. The monoisotopic (exact) mass is 295 g/mol. The first-order valence-electron chi connectivity index (χ1n) is 7.02. The maximum Gasteiger partial charge on any atom is 0.244 e. The average Bonchev–Trinajstić information content (AvgIpc) is 2.92. The summed E-state index contributed by atoms with van der Waals surface area (Å²) in [5.41, 5.74) is 2.91. The first kappa shape index (κ1) is 14.1. The predicted octanol–water partition coefficient (Wildman–Crippen LogP) is 2.99. The van der Waals surface area contributed by atoms with Gasteiger partial charge in [-0.2, -0.15) is 0 Å². The number of hydrogen-bond acceptors (Lipinski definition) is 3. The fourth-order valence-corrected chi connectivity index (χ4v) is 2.45. The third-order valence-electron chi connectivity index (χ3n) is 3.57. The van der Waals surface area contributed by atoms with Crippen LogP contribution in [0.15, 0.2) is 48.8 Å². The number of amides is 1. The molecule has 0 aliphatic heterocycles. The van der Waals surface area contributed by atoms with Crippen molar-refractivity contribution in [3.05, 3.63) is 54.4 Å². The van der Waals surface area contributed by atoms with E-state index in [2.05, 4.69) is 23.3 Å². The molecule has 0 radical (unpaired) electrons. The summed E-state index contributed by atoms with van der Waals surface area (Å²) in [6, 6.07) is 11.6. The summed E-state index contributed by atoms with van der Waals surface area (Å²) >= 11 is 0. The van der Waals surface area contributed by atoms with E-state index in [1.165, 1.54) is 10.9 Å². The predicted molar refractivity (Wildman–Crippen MR) is 86.1 cm³/mol. The van der Waals surface area contributed by atoms with Crippen molar-refractivity contribution in [3.63, 3.8) is 0 Å². The highest BCUT2D eigenvalue weighted by atomic mass is 16.5. The molecule has 0 spiro atoms. The molecule has 3 rings (SSSR count). The van der Waals surface area contributed by atoms with Crippen molar-refractivity contribution in [2.24, 2.45) is 0 Å². The largest absolute Gasteiger partial charge is 0.481 e. The van der Waals surface area contributed by atoms with Gasteiger partial charge in [0.1, 0.15) is 6.54 Å². The number of fused-ring (bicyclic) bond motifs is 1. The molecule has 0 atom stereocenters. The van der Waals surface area contributed by atoms with Gasteiger partial charge in [0.05, 0.1) is 19.0 Å². The van der Waals surface area contributed by atoms with Gasteiger partial charge in [0.15, 0.2) is 0 Å². The standard InChI is InChI=1S/C17H17N3O2/c1-12-4-3-5-15-14(12)8-9-20(15)11-16(21)19-13-6-7-17(22-2)18-10-13/h3-10H,11H2,1-2H3,(H,19,21). The van der Waals surface area contributed by atoms with Gasteiger partial charge in [-0.25, -0.2) is 4.98 Å². The Hall–Kier alpha value is -2.82. The smallest absolute Gasteiger partial charge is 0.244 e. The normalized spacial score (nSPS) is 10.6. The highest BCUT2D eigenvalue weighted by Gasteiger charge is 2.08. The molecule has 1 N–H and O–H groups in total. The van der Waals surface area contributed by atoms with Crippen LogP contribution in [0.4, 0.5) is 5.69 Å². The topological polar surface area (TPSA) is 56.1 Å². The van der Waals surface area contributed by atoms with Crippen molar-refractivity contribution in [2.45, 2.75) is 13.5 Å². The van der Waals surface area contributed by atoms with E-state index in [9.17, 15) is 4.79 Å². The maximum atomic E-state index is 12.2. The Morgan fingerprint density at radius 1 is 1.27 bits per heavy atom. The highest BCUT2D eigenvalue weighted by molar-refractivity contribution is 5.92. The number of carbonyl (C=O) groups is 1. The van der Waals surface area contributed by atoms with E-state index in [0.717, 1.165) is 5.52 Å². The number of aryl methyl sites for hydroxylation is 1. The summed E-state index contributed by atoms with van der Waals surface area (Å²) in [6.07, 6.45) is 3.51. The Balaban J connectivity index is 1.74. The number of carbonyl (C=O) groups excluding carboxylic acids is 1. The van der Waals surface area contributed by atoms with Gasteiger partial charge in [-0.3, -0.25) is 4.79 Å². The molecule has 3 aromatic rings. The van der Waals surface area contributed by atoms with Crippen LogP contribution in [0.5, 0.6) is 5.88 Å². The fourth-order valence-electron chi connectivity index (χ4n) is 2.45. The minimum absolute atomic E-state index is 0.0917. The lowest BCUT2D eigenvalue weighted by molar-refractivity contribution is -0.116. The van der Waals surface area contributed by atoms with Crippen LogP contribution in [0.25, 0.3) is 10.9 Å². The maximum absolute atomic E-state index is 12.2. The third kappa shape index (κ3) is 2.79. The molecule has 2 heterocycles. The second-order valence-corrected chi connectivity index (χ2v) is 5.09. The van der Waals surface area contributed by atoms with Crippen molar-refractivity contribution < 1.29 is 9.53 Å². The zero-order valence-corrected chi connectivity index (χ0v) is 12.5. The van der Waals surface area contributed by atoms with Crippen LogP contribution in [0.2, 0.25) is 0 Å². The molecule has 0 saturated heterocycles. The highest BCUT2D eigenvalue weighted by Crippen LogP contribution is 2.19. The molecular weight excluding hydrogens is 278 g/mol. The number of nitrogens with zero attached hydrogens (tertiary/aromatic N) is 2. The minimum atomic E-state index is -0.0917. The van der Waals surface area contributed by atoms with Crippen molar-refractivity contribution >= 4 is 22.5 Å². The Kier molecular flexibility index (Phi) is 3.78. The van der Waals surface area contributed by atoms with Gasteiger partial charge in [-0.15, -0.1) is 0 Å². The summed E-state index contributed by atoms with van der Waals surface area (Å²) in [7, 11) is 1.56. The van der Waals surface area contributed by atoms with Crippen LogP contribution in [0.3, 0.4) is 0 Å². The number of rotatable bonds is 4. The van der Waals surface area contributed by atoms with E-state index >= 15 is 0 Å². The van der Waals surface area contributed by atoms with Crippen LogP contribution < -0.4 is 10.1 Å². The summed E-state index contributed by atoms with van der Waals surface area (Å²) < 4.78 is 6.93. The lowest BCUT2D eigenvalue weighted by atomic mass is 10.1. The summed E-state index contributed by atoms with van der Waals surface area (Å²) in [5, 5.41) is 4.00. The second-order valence-electron chi connectivity index (χ2n) is 5.09.